The van der Waals surface area contributed by atoms with Crippen LogP contribution in [-0.2, 0) is 4.74 Å². The summed E-state index contributed by atoms with van der Waals surface area (Å²) in [5.41, 5.74) is 6.05. The second-order valence-electron chi connectivity index (χ2n) is 4.36. The summed E-state index contributed by atoms with van der Waals surface area (Å²) in [5, 5.41) is 40.1. The van der Waals surface area contributed by atoms with Gasteiger partial charge in [0, 0.05) is 12.0 Å². The summed E-state index contributed by atoms with van der Waals surface area (Å²) in [6, 6.07) is 6.24. The van der Waals surface area contributed by atoms with Crippen LogP contribution in [0.4, 0.5) is 5.69 Å². The maximum atomic E-state index is 11.7. The van der Waals surface area contributed by atoms with Crippen LogP contribution in [0.15, 0.2) is 24.3 Å². The molecule has 8 heteroatoms. The number of ether oxygens (including phenoxy) is 2. The van der Waals surface area contributed by atoms with Crippen molar-refractivity contribution in [1.82, 2.24) is 0 Å². The van der Waals surface area contributed by atoms with Crippen molar-refractivity contribution < 1.29 is 29.9 Å². The maximum absolute atomic E-state index is 11.7. The van der Waals surface area contributed by atoms with Crippen LogP contribution in [0.2, 0.25) is 0 Å². The number of hydrogen-bond donors (Lipinski definition) is 4. The topological polar surface area (TPSA) is 128 Å². The minimum atomic E-state index is -1.70. The minimum Gasteiger partial charge on any atom is -0.828 e. The third-order valence-electron chi connectivity index (χ3n) is 2.98. The van der Waals surface area contributed by atoms with Gasteiger partial charge in [0.1, 0.15) is 30.2 Å². The van der Waals surface area contributed by atoms with Gasteiger partial charge < -0.3 is 35.6 Å². The molecule has 7 nitrogen and oxygen atoms in total. The van der Waals surface area contributed by atoms with E-state index in [-0.39, 0.29) is 12.4 Å². The molecule has 5 atom stereocenters. The number of anilines is 1. The number of aliphatic hydroxyl groups is 3. The number of nitrogen functional groups attached to an aromatic ring is 1. The third kappa shape index (κ3) is 3.51. The highest BCUT2D eigenvalue weighted by molar-refractivity contribution is 5.85. The van der Waals surface area contributed by atoms with Gasteiger partial charge in [-0.3, -0.25) is 0 Å². The monoisotopic (exact) mass is 306 g/mol. The molecular formula is C12H17ClNO6-. The molecule has 20 heavy (non-hydrogen) atoms. The average molecular weight is 307 g/mol. The lowest BCUT2D eigenvalue weighted by Crippen LogP contribution is -2.64. The van der Waals surface area contributed by atoms with Crippen LogP contribution >= 0.6 is 12.4 Å². The predicted octanol–water partition coefficient (Wildman–Crippen LogP) is -1.76. The molecule has 2 rings (SSSR count). The zero-order chi connectivity index (χ0) is 14.0. The largest absolute Gasteiger partial charge is 0.828 e. The molecule has 1 heterocycles. The molecular weight excluding hydrogens is 290 g/mol. The predicted molar refractivity (Wildman–Crippen MR) is 70.3 cm³/mol. The fourth-order valence-electron chi connectivity index (χ4n) is 1.89. The van der Waals surface area contributed by atoms with Crippen LogP contribution in [0.1, 0.15) is 0 Å². The van der Waals surface area contributed by atoms with E-state index in [0.29, 0.717) is 11.4 Å². The molecule has 1 aromatic rings. The first-order chi connectivity index (χ1) is 9.02. The zero-order valence-corrected chi connectivity index (χ0v) is 11.3. The van der Waals surface area contributed by atoms with Crippen LogP contribution in [0.3, 0.4) is 0 Å². The summed E-state index contributed by atoms with van der Waals surface area (Å²) >= 11 is 0. The fourth-order valence-corrected chi connectivity index (χ4v) is 1.89. The number of halogens is 1. The Morgan fingerprint density at radius 1 is 1.20 bits per heavy atom. The molecule has 0 aliphatic carbocycles. The normalized spacial score (nSPS) is 33.3. The third-order valence-corrected chi connectivity index (χ3v) is 2.98. The lowest BCUT2D eigenvalue weighted by molar-refractivity contribution is -0.530. The number of nitrogens with two attached hydrogens (primary N) is 1. The molecule has 0 spiro atoms. The Morgan fingerprint density at radius 3 is 2.35 bits per heavy atom. The summed E-state index contributed by atoms with van der Waals surface area (Å²) in [4.78, 5) is 0. The highest BCUT2D eigenvalue weighted by Crippen LogP contribution is 2.23. The Kier molecular flexibility index (Phi) is 6.00. The highest BCUT2D eigenvalue weighted by Gasteiger charge is 2.41. The van der Waals surface area contributed by atoms with Crippen LogP contribution in [0.25, 0.3) is 0 Å². The number of aliphatic hydroxyl groups excluding tert-OH is 3. The van der Waals surface area contributed by atoms with Gasteiger partial charge in [-0.05, 0) is 24.3 Å². The van der Waals surface area contributed by atoms with E-state index in [4.69, 9.17) is 20.3 Å². The van der Waals surface area contributed by atoms with E-state index in [1.165, 1.54) is 0 Å². The van der Waals surface area contributed by atoms with Gasteiger partial charge in [-0.15, -0.1) is 12.4 Å². The Morgan fingerprint density at radius 2 is 1.80 bits per heavy atom. The SMILES string of the molecule is Cl.Nc1ccc(OC2C([O-])OC(CO)C(O)C2O)cc1. The first kappa shape index (κ1) is 17.0. The minimum absolute atomic E-state index is 0. The van der Waals surface area contributed by atoms with Gasteiger partial charge in [0.25, 0.3) is 0 Å². The van der Waals surface area contributed by atoms with Gasteiger partial charge in [0.05, 0.1) is 6.61 Å². The van der Waals surface area contributed by atoms with Gasteiger partial charge >= 0.3 is 0 Å². The molecule has 0 bridgehead atoms. The summed E-state index contributed by atoms with van der Waals surface area (Å²) in [6.07, 6.45) is -6.89. The van der Waals surface area contributed by atoms with Gasteiger partial charge in [-0.1, -0.05) is 0 Å². The smallest absolute Gasteiger partial charge is 0.138 e. The molecule has 1 aliphatic heterocycles. The number of rotatable bonds is 3. The Labute approximate surface area is 122 Å². The number of hydrogen-bond acceptors (Lipinski definition) is 7. The molecule has 0 saturated carbocycles. The second-order valence-corrected chi connectivity index (χ2v) is 4.36. The lowest BCUT2D eigenvalue weighted by Gasteiger charge is -2.45. The summed E-state index contributed by atoms with van der Waals surface area (Å²) in [5.74, 6) is 0.331. The molecule has 0 radical (unpaired) electrons. The summed E-state index contributed by atoms with van der Waals surface area (Å²) in [6.45, 7) is -0.550. The van der Waals surface area contributed by atoms with E-state index in [0.717, 1.165) is 0 Å². The second kappa shape index (κ2) is 7.07. The van der Waals surface area contributed by atoms with Crippen molar-refractivity contribution >= 4 is 18.1 Å². The van der Waals surface area contributed by atoms with Crippen molar-refractivity contribution in [1.29, 1.82) is 0 Å². The fraction of sp³-hybridized carbons (Fsp3) is 0.500. The van der Waals surface area contributed by atoms with E-state index < -0.39 is 37.3 Å². The van der Waals surface area contributed by atoms with Crippen molar-refractivity contribution in [2.24, 2.45) is 0 Å². The number of benzene rings is 1. The van der Waals surface area contributed by atoms with E-state index in [1.54, 1.807) is 24.3 Å². The van der Waals surface area contributed by atoms with Crippen LogP contribution in [-0.4, -0.2) is 52.6 Å². The quantitative estimate of drug-likeness (QED) is 0.487. The van der Waals surface area contributed by atoms with Crippen LogP contribution in [0, 0.1) is 0 Å². The van der Waals surface area contributed by atoms with E-state index in [1.807, 2.05) is 0 Å². The molecule has 1 fully saturated rings. The van der Waals surface area contributed by atoms with Gasteiger partial charge in [0.15, 0.2) is 0 Å². The van der Waals surface area contributed by atoms with E-state index >= 15 is 0 Å². The van der Waals surface area contributed by atoms with E-state index in [9.17, 15) is 15.3 Å². The first-order valence-corrected chi connectivity index (χ1v) is 5.83. The Balaban J connectivity index is 0.00000200. The molecule has 1 aromatic carbocycles. The Bertz CT molecular complexity index is 417. The first-order valence-electron chi connectivity index (χ1n) is 5.83. The van der Waals surface area contributed by atoms with Gasteiger partial charge in [0.2, 0.25) is 0 Å². The highest BCUT2D eigenvalue weighted by atomic mass is 35.5. The van der Waals surface area contributed by atoms with Gasteiger partial charge in [-0.2, -0.15) is 0 Å². The molecule has 114 valence electrons. The van der Waals surface area contributed by atoms with Crippen molar-refractivity contribution in [3.05, 3.63) is 24.3 Å². The van der Waals surface area contributed by atoms with Crippen molar-refractivity contribution in [3.8, 4) is 5.75 Å². The molecule has 5 N–H and O–H groups in total. The summed E-state index contributed by atoms with van der Waals surface area (Å²) < 4.78 is 10.2. The standard InChI is InChI=1S/C12H16NO6.ClH/c13-6-1-3-7(4-2-6)18-11-10(16)9(15)8(5-14)19-12(11)17;/h1-4,8-12,14-16H,5,13H2;1H/q-1;. The van der Waals surface area contributed by atoms with Gasteiger partial charge in [-0.25, -0.2) is 0 Å². The van der Waals surface area contributed by atoms with Crippen molar-refractivity contribution in [3.63, 3.8) is 0 Å². The maximum Gasteiger partial charge on any atom is 0.138 e. The molecule has 1 aliphatic rings. The van der Waals surface area contributed by atoms with Crippen molar-refractivity contribution in [2.75, 3.05) is 12.3 Å². The van der Waals surface area contributed by atoms with Crippen LogP contribution < -0.4 is 15.6 Å². The molecule has 0 aromatic heterocycles. The van der Waals surface area contributed by atoms with E-state index in [2.05, 4.69) is 0 Å². The Hall–Kier alpha value is -1.09. The summed E-state index contributed by atoms with van der Waals surface area (Å²) in [7, 11) is 0. The molecule has 1 saturated heterocycles. The van der Waals surface area contributed by atoms with Crippen LogP contribution in [0.5, 0.6) is 5.75 Å². The van der Waals surface area contributed by atoms with Crippen molar-refractivity contribution in [2.45, 2.75) is 30.7 Å². The molecule has 0 amide bonds. The lowest BCUT2D eigenvalue weighted by atomic mass is 9.99. The zero-order valence-electron chi connectivity index (χ0n) is 10.5. The molecule has 5 unspecified atom stereocenters. The average Bonchev–Trinajstić information content (AvgIpc) is 2.41.